The summed E-state index contributed by atoms with van der Waals surface area (Å²) in [4.78, 5) is 16.6. The maximum absolute atomic E-state index is 12.1. The van der Waals surface area contributed by atoms with E-state index in [0.717, 1.165) is 40.2 Å². The number of hydrogen-bond acceptors (Lipinski definition) is 4. The molecule has 26 heavy (non-hydrogen) atoms. The Hall–Kier alpha value is -2.47. The number of aromatic nitrogens is 2. The van der Waals surface area contributed by atoms with Crippen LogP contribution in [0.15, 0.2) is 52.2 Å². The molecule has 3 heterocycles. The van der Waals surface area contributed by atoms with Crippen molar-refractivity contribution >= 4 is 17.7 Å². The third-order valence-electron chi connectivity index (χ3n) is 4.42. The molecule has 0 saturated heterocycles. The topological polar surface area (TPSA) is 60.1 Å². The molecule has 0 unspecified atom stereocenters. The highest BCUT2D eigenvalue weighted by Crippen LogP contribution is 2.25. The van der Waals surface area contributed by atoms with Crippen LogP contribution in [0.4, 0.5) is 0 Å². The van der Waals surface area contributed by atoms with Gasteiger partial charge in [-0.25, -0.2) is 4.98 Å². The first-order valence-corrected chi connectivity index (χ1v) is 9.77. The van der Waals surface area contributed by atoms with E-state index < -0.39 is 0 Å². The molecule has 1 amide bonds. The number of amides is 1. The molecular formula is C20H21N3O2S. The minimum atomic E-state index is 0.0131. The van der Waals surface area contributed by atoms with E-state index in [1.54, 1.807) is 11.8 Å². The van der Waals surface area contributed by atoms with Crippen LogP contribution >= 0.6 is 11.8 Å². The van der Waals surface area contributed by atoms with Gasteiger partial charge in [0.2, 0.25) is 5.91 Å². The van der Waals surface area contributed by atoms with Crippen LogP contribution in [0.3, 0.4) is 0 Å². The number of aryl methyl sites for hydroxylation is 3. The first kappa shape index (κ1) is 17.0. The van der Waals surface area contributed by atoms with Crippen LogP contribution in [0.5, 0.6) is 0 Å². The number of thioether (sulfide) groups is 1. The van der Waals surface area contributed by atoms with Crippen LogP contribution in [-0.2, 0) is 24.3 Å². The van der Waals surface area contributed by atoms with E-state index in [4.69, 9.17) is 4.42 Å². The van der Waals surface area contributed by atoms with Crippen LogP contribution in [0.2, 0.25) is 0 Å². The van der Waals surface area contributed by atoms with Crippen molar-refractivity contribution in [2.75, 3.05) is 5.75 Å². The molecule has 0 aliphatic carbocycles. The Morgan fingerprint density at radius 1 is 1.27 bits per heavy atom. The lowest BCUT2D eigenvalue weighted by molar-refractivity contribution is -0.121. The molecule has 4 rings (SSSR count). The Morgan fingerprint density at radius 3 is 2.92 bits per heavy atom. The lowest BCUT2D eigenvalue weighted by Crippen LogP contribution is -2.23. The second-order valence-corrected chi connectivity index (χ2v) is 7.53. The second kappa shape index (κ2) is 7.41. The van der Waals surface area contributed by atoms with Gasteiger partial charge in [-0.15, -0.1) is 0 Å². The molecule has 1 N–H and O–H groups in total. The molecular weight excluding hydrogens is 346 g/mol. The molecule has 6 heteroatoms. The average molecular weight is 367 g/mol. The Balaban J connectivity index is 1.27. The fourth-order valence-corrected chi connectivity index (χ4v) is 3.91. The van der Waals surface area contributed by atoms with E-state index in [9.17, 15) is 4.79 Å². The molecule has 0 spiro atoms. The number of fused-ring (bicyclic) bond motifs is 1. The van der Waals surface area contributed by atoms with Gasteiger partial charge in [-0.05, 0) is 19.1 Å². The number of nitrogens with zero attached hydrogens (tertiary/aromatic N) is 2. The number of rotatable bonds is 6. The summed E-state index contributed by atoms with van der Waals surface area (Å²) in [6.45, 7) is 3.54. The normalized spacial score (nSPS) is 13.0. The second-order valence-electron chi connectivity index (χ2n) is 6.47. The molecule has 1 aliphatic heterocycles. The molecule has 1 aliphatic rings. The highest BCUT2D eigenvalue weighted by molar-refractivity contribution is 7.99. The minimum Gasteiger partial charge on any atom is -0.461 e. The summed E-state index contributed by atoms with van der Waals surface area (Å²) in [5.74, 6) is 2.76. The highest BCUT2D eigenvalue weighted by Gasteiger charge is 2.14. The van der Waals surface area contributed by atoms with Crippen LogP contribution in [0.1, 0.15) is 23.4 Å². The molecule has 0 bridgehead atoms. The fraction of sp³-hybridized carbons (Fsp3) is 0.300. The smallest absolute Gasteiger partial charge is 0.220 e. The van der Waals surface area contributed by atoms with Crippen molar-refractivity contribution < 1.29 is 9.21 Å². The van der Waals surface area contributed by atoms with Gasteiger partial charge in [0, 0.05) is 36.9 Å². The number of imidazole rings is 1. The molecule has 0 atom stereocenters. The Bertz CT molecular complexity index is 890. The van der Waals surface area contributed by atoms with Gasteiger partial charge in [0.25, 0.3) is 0 Å². The van der Waals surface area contributed by atoms with Crippen molar-refractivity contribution in [2.24, 2.45) is 0 Å². The fourth-order valence-electron chi connectivity index (χ4n) is 2.95. The van der Waals surface area contributed by atoms with E-state index in [1.807, 2.05) is 30.5 Å². The summed E-state index contributed by atoms with van der Waals surface area (Å²) in [6, 6.07) is 12.1. The van der Waals surface area contributed by atoms with Gasteiger partial charge in [0.05, 0.1) is 12.2 Å². The van der Waals surface area contributed by atoms with Crippen molar-refractivity contribution in [3.05, 3.63) is 59.6 Å². The number of benzene rings is 1. The number of carbonyl (C=O) groups is 1. The monoisotopic (exact) mass is 367 g/mol. The molecule has 1 aromatic carbocycles. The molecule has 3 aromatic rings. The molecule has 0 fully saturated rings. The number of furan rings is 1. The SMILES string of the molecule is Cc1ccc(-c2ccc(CCC(=O)NCc3cn4c(n3)SCC4)o2)cc1. The van der Waals surface area contributed by atoms with Crippen molar-refractivity contribution in [1.82, 2.24) is 14.9 Å². The van der Waals surface area contributed by atoms with Crippen LogP contribution in [0.25, 0.3) is 11.3 Å². The predicted octanol–water partition coefficient (Wildman–Crippen LogP) is 3.81. The van der Waals surface area contributed by atoms with E-state index in [1.165, 1.54) is 5.56 Å². The standard InChI is InChI=1S/C20H21N3O2S/c1-14-2-4-15(5-3-14)18-8-6-17(25-18)7-9-19(24)21-12-16-13-23-10-11-26-20(23)22-16/h2-6,8,13H,7,9-12H2,1H3,(H,21,24). The molecule has 5 nitrogen and oxygen atoms in total. The van der Waals surface area contributed by atoms with Gasteiger partial charge >= 0.3 is 0 Å². The Kier molecular flexibility index (Phi) is 4.84. The molecule has 0 radical (unpaired) electrons. The summed E-state index contributed by atoms with van der Waals surface area (Å²) in [6.07, 6.45) is 3.02. The zero-order valence-corrected chi connectivity index (χ0v) is 15.5. The van der Waals surface area contributed by atoms with Crippen molar-refractivity contribution in [3.8, 4) is 11.3 Å². The van der Waals surface area contributed by atoms with Gasteiger partial charge in [-0.2, -0.15) is 0 Å². The van der Waals surface area contributed by atoms with E-state index in [2.05, 4.69) is 33.9 Å². The highest BCUT2D eigenvalue weighted by atomic mass is 32.2. The molecule has 2 aromatic heterocycles. The van der Waals surface area contributed by atoms with Gasteiger partial charge in [0.1, 0.15) is 11.5 Å². The summed E-state index contributed by atoms with van der Waals surface area (Å²) >= 11 is 1.76. The number of nitrogens with one attached hydrogen (secondary N) is 1. The van der Waals surface area contributed by atoms with Crippen LogP contribution < -0.4 is 5.32 Å². The van der Waals surface area contributed by atoms with E-state index in [-0.39, 0.29) is 5.91 Å². The third-order valence-corrected chi connectivity index (χ3v) is 5.39. The summed E-state index contributed by atoms with van der Waals surface area (Å²) in [7, 11) is 0. The van der Waals surface area contributed by atoms with Gasteiger partial charge < -0.3 is 14.3 Å². The maximum atomic E-state index is 12.1. The molecule has 0 saturated carbocycles. The first-order chi connectivity index (χ1) is 12.7. The summed E-state index contributed by atoms with van der Waals surface area (Å²) in [5, 5.41) is 3.99. The Morgan fingerprint density at radius 2 is 2.12 bits per heavy atom. The number of hydrogen-bond donors (Lipinski definition) is 1. The predicted molar refractivity (Wildman–Crippen MR) is 102 cm³/mol. The maximum Gasteiger partial charge on any atom is 0.220 e. The average Bonchev–Trinajstić information content (AvgIpc) is 3.34. The van der Waals surface area contributed by atoms with Crippen LogP contribution in [-0.4, -0.2) is 21.2 Å². The first-order valence-electron chi connectivity index (χ1n) is 8.79. The summed E-state index contributed by atoms with van der Waals surface area (Å²) in [5.41, 5.74) is 3.19. The zero-order valence-electron chi connectivity index (χ0n) is 14.7. The van der Waals surface area contributed by atoms with Crippen molar-refractivity contribution in [2.45, 2.75) is 38.0 Å². The van der Waals surface area contributed by atoms with E-state index >= 15 is 0 Å². The van der Waals surface area contributed by atoms with Gasteiger partial charge in [-0.1, -0.05) is 41.6 Å². The lowest BCUT2D eigenvalue weighted by Gasteiger charge is -2.02. The van der Waals surface area contributed by atoms with Gasteiger partial charge in [-0.3, -0.25) is 4.79 Å². The summed E-state index contributed by atoms with van der Waals surface area (Å²) < 4.78 is 8.01. The largest absolute Gasteiger partial charge is 0.461 e. The zero-order chi connectivity index (χ0) is 17.9. The Labute approximate surface area is 156 Å². The van der Waals surface area contributed by atoms with Crippen molar-refractivity contribution in [3.63, 3.8) is 0 Å². The third kappa shape index (κ3) is 3.85. The van der Waals surface area contributed by atoms with E-state index in [0.29, 0.717) is 19.4 Å². The van der Waals surface area contributed by atoms with Crippen molar-refractivity contribution in [1.29, 1.82) is 0 Å². The quantitative estimate of drug-likeness (QED) is 0.720. The molecule has 134 valence electrons. The van der Waals surface area contributed by atoms with Crippen LogP contribution in [0, 0.1) is 6.92 Å². The van der Waals surface area contributed by atoms with Gasteiger partial charge in [0.15, 0.2) is 5.16 Å². The number of carbonyl (C=O) groups excluding carboxylic acids is 1. The minimum absolute atomic E-state index is 0.0131. The lowest BCUT2D eigenvalue weighted by atomic mass is 10.1.